The summed E-state index contributed by atoms with van der Waals surface area (Å²) in [6, 6.07) is 14.8. The van der Waals surface area contributed by atoms with E-state index in [1.54, 1.807) is 14.2 Å². The van der Waals surface area contributed by atoms with Gasteiger partial charge in [-0.25, -0.2) is 0 Å². The Morgan fingerprint density at radius 1 is 0.800 bits per heavy atom. The Morgan fingerprint density at radius 2 is 1.44 bits per heavy atom. The maximum absolute atomic E-state index is 5.53. The first kappa shape index (κ1) is 17.8. The van der Waals surface area contributed by atoms with E-state index in [2.05, 4.69) is 47.1 Å². The minimum absolute atomic E-state index is 0.837. The van der Waals surface area contributed by atoms with Crippen LogP contribution in [-0.4, -0.2) is 50.2 Å². The Balaban J connectivity index is 1.55. The first-order valence-corrected chi connectivity index (χ1v) is 8.89. The molecule has 0 amide bonds. The molecule has 1 aliphatic rings. The first-order chi connectivity index (χ1) is 12.2. The molecule has 4 nitrogen and oxygen atoms in total. The van der Waals surface area contributed by atoms with Gasteiger partial charge in [0.05, 0.1) is 14.2 Å². The fourth-order valence-corrected chi connectivity index (χ4v) is 3.36. The molecule has 0 atom stereocenters. The fraction of sp³-hybridized carbons (Fsp3) is 0.429. The Labute approximate surface area is 151 Å². The van der Waals surface area contributed by atoms with E-state index in [0.29, 0.717) is 0 Å². The van der Waals surface area contributed by atoms with E-state index >= 15 is 0 Å². The Bertz CT molecular complexity index is 694. The summed E-state index contributed by atoms with van der Waals surface area (Å²) in [5, 5.41) is 0. The zero-order chi connectivity index (χ0) is 17.6. The van der Waals surface area contributed by atoms with Gasteiger partial charge in [-0.15, -0.1) is 0 Å². The maximum atomic E-state index is 5.53. The molecule has 2 aromatic carbocycles. The van der Waals surface area contributed by atoms with Crippen molar-refractivity contribution in [3.63, 3.8) is 0 Å². The lowest BCUT2D eigenvalue weighted by Crippen LogP contribution is -2.45. The number of hydrogen-bond acceptors (Lipinski definition) is 4. The number of rotatable bonds is 6. The van der Waals surface area contributed by atoms with Crippen LogP contribution in [0.3, 0.4) is 0 Å². The molecule has 25 heavy (non-hydrogen) atoms. The van der Waals surface area contributed by atoms with Crippen LogP contribution < -0.4 is 9.47 Å². The second kappa shape index (κ2) is 8.37. The molecular weight excluding hydrogens is 312 g/mol. The number of benzene rings is 2. The van der Waals surface area contributed by atoms with Gasteiger partial charge >= 0.3 is 0 Å². The van der Waals surface area contributed by atoms with E-state index in [9.17, 15) is 0 Å². The molecule has 0 spiro atoms. The van der Waals surface area contributed by atoms with Gasteiger partial charge in [-0.05, 0) is 24.1 Å². The predicted molar refractivity (Wildman–Crippen MR) is 101 cm³/mol. The number of ether oxygens (including phenoxy) is 2. The van der Waals surface area contributed by atoms with Crippen molar-refractivity contribution in [1.82, 2.24) is 9.80 Å². The van der Waals surface area contributed by atoms with E-state index in [1.165, 1.54) is 16.7 Å². The van der Waals surface area contributed by atoms with Gasteiger partial charge < -0.3 is 9.47 Å². The second-order valence-corrected chi connectivity index (χ2v) is 6.66. The highest BCUT2D eigenvalue weighted by Gasteiger charge is 2.19. The molecule has 0 unspecified atom stereocenters. The molecular formula is C21H28N2O2. The summed E-state index contributed by atoms with van der Waals surface area (Å²) in [5.74, 6) is 1.74. The summed E-state index contributed by atoms with van der Waals surface area (Å²) in [6.45, 7) is 8.54. The highest BCUT2D eigenvalue weighted by molar-refractivity contribution is 5.40. The molecule has 1 fully saturated rings. The standard InChI is InChI=1S/C21H28N2O2/c1-17-6-4-5-7-18(17)15-22-10-12-23(13-11-22)16-19-8-9-20(24-2)14-21(19)25-3/h4-9,14H,10-13,15-16H2,1-3H3. The van der Waals surface area contributed by atoms with Crippen molar-refractivity contribution in [3.8, 4) is 11.5 Å². The normalized spacial score (nSPS) is 16.0. The van der Waals surface area contributed by atoms with Crippen molar-refractivity contribution < 1.29 is 9.47 Å². The highest BCUT2D eigenvalue weighted by Crippen LogP contribution is 2.26. The van der Waals surface area contributed by atoms with Gasteiger partial charge in [0.15, 0.2) is 0 Å². The Hall–Kier alpha value is -2.04. The molecule has 1 saturated heterocycles. The lowest BCUT2D eigenvalue weighted by molar-refractivity contribution is 0.121. The van der Waals surface area contributed by atoms with E-state index < -0.39 is 0 Å². The SMILES string of the molecule is COc1ccc(CN2CCN(Cc3ccccc3C)CC2)c(OC)c1. The van der Waals surface area contributed by atoms with Crippen molar-refractivity contribution in [1.29, 1.82) is 0 Å². The van der Waals surface area contributed by atoms with Crippen molar-refractivity contribution >= 4 is 0 Å². The summed E-state index contributed by atoms with van der Waals surface area (Å²) in [4.78, 5) is 5.04. The molecule has 3 rings (SSSR count). The zero-order valence-electron chi connectivity index (χ0n) is 15.5. The van der Waals surface area contributed by atoms with Gasteiger partial charge in [0.1, 0.15) is 11.5 Å². The Morgan fingerprint density at radius 3 is 2.04 bits per heavy atom. The van der Waals surface area contributed by atoms with E-state index in [1.807, 2.05) is 12.1 Å². The van der Waals surface area contributed by atoms with Crippen LogP contribution in [0.25, 0.3) is 0 Å². The monoisotopic (exact) mass is 340 g/mol. The van der Waals surface area contributed by atoms with Gasteiger partial charge in [0, 0.05) is 50.9 Å². The summed E-state index contributed by atoms with van der Waals surface area (Å²) < 4.78 is 10.8. The number of methoxy groups -OCH3 is 2. The maximum Gasteiger partial charge on any atom is 0.127 e. The van der Waals surface area contributed by atoms with Gasteiger partial charge in [0.2, 0.25) is 0 Å². The van der Waals surface area contributed by atoms with Gasteiger partial charge in [-0.1, -0.05) is 30.3 Å². The van der Waals surface area contributed by atoms with Gasteiger partial charge in [-0.2, -0.15) is 0 Å². The van der Waals surface area contributed by atoms with Crippen LogP contribution in [0.5, 0.6) is 11.5 Å². The molecule has 0 N–H and O–H groups in total. The van der Waals surface area contributed by atoms with Gasteiger partial charge in [0.25, 0.3) is 0 Å². The highest BCUT2D eigenvalue weighted by atomic mass is 16.5. The molecule has 0 aliphatic carbocycles. The minimum atomic E-state index is 0.837. The first-order valence-electron chi connectivity index (χ1n) is 8.89. The average Bonchev–Trinajstić information content (AvgIpc) is 2.65. The average molecular weight is 340 g/mol. The minimum Gasteiger partial charge on any atom is -0.497 e. The summed E-state index contributed by atoms with van der Waals surface area (Å²) in [6.07, 6.45) is 0. The predicted octanol–water partition coefficient (Wildman–Crippen LogP) is 3.33. The fourth-order valence-electron chi connectivity index (χ4n) is 3.36. The zero-order valence-corrected chi connectivity index (χ0v) is 15.5. The molecule has 1 aliphatic heterocycles. The quantitative estimate of drug-likeness (QED) is 0.805. The van der Waals surface area contributed by atoms with Crippen LogP contribution in [0, 0.1) is 6.92 Å². The molecule has 2 aromatic rings. The largest absolute Gasteiger partial charge is 0.497 e. The van der Waals surface area contributed by atoms with Crippen molar-refractivity contribution in [2.45, 2.75) is 20.0 Å². The number of aryl methyl sites for hydroxylation is 1. The molecule has 4 heteroatoms. The van der Waals surface area contributed by atoms with Crippen LogP contribution >= 0.6 is 0 Å². The smallest absolute Gasteiger partial charge is 0.127 e. The van der Waals surface area contributed by atoms with E-state index in [-0.39, 0.29) is 0 Å². The van der Waals surface area contributed by atoms with Crippen molar-refractivity contribution in [3.05, 3.63) is 59.2 Å². The Kier molecular flexibility index (Phi) is 5.95. The third kappa shape index (κ3) is 4.53. The third-order valence-electron chi connectivity index (χ3n) is 5.01. The summed E-state index contributed by atoms with van der Waals surface area (Å²) >= 11 is 0. The molecule has 0 radical (unpaired) electrons. The molecule has 0 bridgehead atoms. The van der Waals surface area contributed by atoms with Gasteiger partial charge in [-0.3, -0.25) is 9.80 Å². The summed E-state index contributed by atoms with van der Waals surface area (Å²) in [7, 11) is 3.40. The lowest BCUT2D eigenvalue weighted by atomic mass is 10.1. The number of hydrogen-bond donors (Lipinski definition) is 0. The van der Waals surface area contributed by atoms with Crippen molar-refractivity contribution in [2.24, 2.45) is 0 Å². The van der Waals surface area contributed by atoms with Crippen LogP contribution in [0.4, 0.5) is 0 Å². The van der Waals surface area contributed by atoms with Crippen molar-refractivity contribution in [2.75, 3.05) is 40.4 Å². The lowest BCUT2D eigenvalue weighted by Gasteiger charge is -2.35. The van der Waals surface area contributed by atoms with E-state index in [4.69, 9.17) is 9.47 Å². The van der Waals surface area contributed by atoms with E-state index in [0.717, 1.165) is 50.8 Å². The van der Waals surface area contributed by atoms with Crippen LogP contribution in [-0.2, 0) is 13.1 Å². The van der Waals surface area contributed by atoms with Crippen LogP contribution in [0.15, 0.2) is 42.5 Å². The number of nitrogens with zero attached hydrogens (tertiary/aromatic N) is 2. The molecule has 134 valence electrons. The second-order valence-electron chi connectivity index (χ2n) is 6.66. The summed E-state index contributed by atoms with van der Waals surface area (Å²) in [5.41, 5.74) is 4.04. The molecule has 1 heterocycles. The number of piperazine rings is 1. The topological polar surface area (TPSA) is 24.9 Å². The molecule has 0 saturated carbocycles. The van der Waals surface area contributed by atoms with Crippen LogP contribution in [0.2, 0.25) is 0 Å². The third-order valence-corrected chi connectivity index (χ3v) is 5.01. The molecule has 0 aromatic heterocycles. The van der Waals surface area contributed by atoms with Crippen LogP contribution in [0.1, 0.15) is 16.7 Å².